The van der Waals surface area contributed by atoms with Crippen molar-refractivity contribution in [3.8, 4) is 11.5 Å². The third-order valence-corrected chi connectivity index (χ3v) is 4.09. The number of halogens is 2. The molecular formula is C15H14Br2O3. The van der Waals surface area contributed by atoms with Crippen LogP contribution < -0.4 is 9.47 Å². The van der Waals surface area contributed by atoms with Crippen LogP contribution in [0.4, 0.5) is 0 Å². The summed E-state index contributed by atoms with van der Waals surface area (Å²) in [6, 6.07) is 11.3. The van der Waals surface area contributed by atoms with Gasteiger partial charge in [0.15, 0.2) is 0 Å². The maximum absolute atomic E-state index is 9.23. The van der Waals surface area contributed by atoms with Crippen molar-refractivity contribution in [1.29, 1.82) is 0 Å². The van der Waals surface area contributed by atoms with Gasteiger partial charge in [0, 0.05) is 14.5 Å². The van der Waals surface area contributed by atoms with E-state index in [4.69, 9.17) is 9.47 Å². The molecule has 106 valence electrons. The predicted octanol–water partition coefficient (Wildman–Crippen LogP) is 4.29. The molecule has 0 amide bonds. The Morgan fingerprint density at radius 1 is 1.05 bits per heavy atom. The third kappa shape index (κ3) is 3.75. The average molecular weight is 402 g/mol. The van der Waals surface area contributed by atoms with Crippen LogP contribution in [0.5, 0.6) is 11.5 Å². The van der Waals surface area contributed by atoms with Gasteiger partial charge in [0.05, 0.1) is 13.7 Å². The highest BCUT2D eigenvalue weighted by Gasteiger charge is 2.06. The zero-order valence-electron chi connectivity index (χ0n) is 10.9. The Kier molecular flexibility index (Phi) is 5.46. The molecule has 3 nitrogen and oxygen atoms in total. The molecular weight excluding hydrogens is 388 g/mol. The summed E-state index contributed by atoms with van der Waals surface area (Å²) in [5, 5.41) is 9.23. The number of hydrogen-bond acceptors (Lipinski definition) is 3. The zero-order chi connectivity index (χ0) is 14.5. The van der Waals surface area contributed by atoms with Gasteiger partial charge in [-0.25, -0.2) is 0 Å². The lowest BCUT2D eigenvalue weighted by Crippen LogP contribution is -1.99. The second-order valence-corrected chi connectivity index (χ2v) is 5.93. The van der Waals surface area contributed by atoms with Gasteiger partial charge in [-0.3, -0.25) is 0 Å². The highest BCUT2D eigenvalue weighted by atomic mass is 79.9. The van der Waals surface area contributed by atoms with E-state index in [9.17, 15) is 5.11 Å². The molecule has 2 rings (SSSR count). The summed E-state index contributed by atoms with van der Waals surface area (Å²) < 4.78 is 12.9. The number of aliphatic hydroxyl groups is 1. The monoisotopic (exact) mass is 400 g/mol. The minimum atomic E-state index is -0.0298. The molecule has 0 saturated heterocycles. The molecule has 0 unspecified atom stereocenters. The summed E-state index contributed by atoms with van der Waals surface area (Å²) in [5.41, 5.74) is 1.75. The third-order valence-electron chi connectivity index (χ3n) is 2.82. The molecule has 0 aliphatic heterocycles. The lowest BCUT2D eigenvalue weighted by Gasteiger charge is -2.12. The van der Waals surface area contributed by atoms with E-state index >= 15 is 0 Å². The van der Waals surface area contributed by atoms with E-state index in [0.29, 0.717) is 12.4 Å². The number of aliphatic hydroxyl groups excluding tert-OH is 1. The van der Waals surface area contributed by atoms with Crippen molar-refractivity contribution in [3.05, 3.63) is 56.5 Å². The summed E-state index contributed by atoms with van der Waals surface area (Å²) in [5.74, 6) is 1.49. The van der Waals surface area contributed by atoms with Crippen LogP contribution in [0.2, 0.25) is 0 Å². The molecule has 0 spiro atoms. The van der Waals surface area contributed by atoms with Crippen LogP contribution in [0.25, 0.3) is 0 Å². The first-order valence-electron chi connectivity index (χ1n) is 5.98. The summed E-state index contributed by atoms with van der Waals surface area (Å²) in [6.45, 7) is 0.368. The summed E-state index contributed by atoms with van der Waals surface area (Å²) in [6.07, 6.45) is 0. The molecule has 5 heteroatoms. The molecule has 0 atom stereocenters. The van der Waals surface area contributed by atoms with E-state index in [-0.39, 0.29) is 6.61 Å². The van der Waals surface area contributed by atoms with Gasteiger partial charge in [0.2, 0.25) is 0 Å². The summed E-state index contributed by atoms with van der Waals surface area (Å²) in [4.78, 5) is 0. The van der Waals surface area contributed by atoms with Crippen molar-refractivity contribution in [3.63, 3.8) is 0 Å². The largest absolute Gasteiger partial charge is 0.496 e. The Bertz CT molecular complexity index is 600. The highest BCUT2D eigenvalue weighted by molar-refractivity contribution is 9.10. The molecule has 2 aromatic carbocycles. The first kappa shape index (κ1) is 15.4. The van der Waals surface area contributed by atoms with Gasteiger partial charge in [-0.05, 0) is 42.0 Å². The van der Waals surface area contributed by atoms with Crippen LogP contribution in [0.3, 0.4) is 0 Å². The Morgan fingerprint density at radius 3 is 2.55 bits per heavy atom. The number of benzene rings is 2. The number of rotatable bonds is 5. The van der Waals surface area contributed by atoms with Crippen LogP contribution in [-0.4, -0.2) is 12.2 Å². The normalized spacial score (nSPS) is 10.4. The van der Waals surface area contributed by atoms with Crippen LogP contribution in [0.1, 0.15) is 11.1 Å². The van der Waals surface area contributed by atoms with Gasteiger partial charge in [-0.1, -0.05) is 31.9 Å². The van der Waals surface area contributed by atoms with Gasteiger partial charge < -0.3 is 14.6 Å². The fraction of sp³-hybridized carbons (Fsp3) is 0.200. The zero-order valence-corrected chi connectivity index (χ0v) is 14.1. The van der Waals surface area contributed by atoms with Gasteiger partial charge in [-0.15, -0.1) is 0 Å². The van der Waals surface area contributed by atoms with E-state index < -0.39 is 0 Å². The van der Waals surface area contributed by atoms with Gasteiger partial charge in [-0.2, -0.15) is 0 Å². The average Bonchev–Trinajstić information content (AvgIpc) is 2.46. The van der Waals surface area contributed by atoms with Crippen molar-refractivity contribution in [2.24, 2.45) is 0 Å². The van der Waals surface area contributed by atoms with Crippen LogP contribution in [-0.2, 0) is 13.2 Å². The highest BCUT2D eigenvalue weighted by Crippen LogP contribution is 2.26. The van der Waals surface area contributed by atoms with Crippen LogP contribution in [0.15, 0.2) is 45.3 Å². The van der Waals surface area contributed by atoms with Crippen molar-refractivity contribution >= 4 is 31.9 Å². The van der Waals surface area contributed by atoms with Gasteiger partial charge >= 0.3 is 0 Å². The molecule has 0 aliphatic rings. The van der Waals surface area contributed by atoms with Crippen molar-refractivity contribution in [2.75, 3.05) is 7.11 Å². The Balaban J connectivity index is 2.14. The van der Waals surface area contributed by atoms with Crippen LogP contribution in [0, 0.1) is 0 Å². The fourth-order valence-electron chi connectivity index (χ4n) is 1.78. The smallest absolute Gasteiger partial charge is 0.125 e. The molecule has 0 heterocycles. The quantitative estimate of drug-likeness (QED) is 0.811. The molecule has 0 aromatic heterocycles. The fourth-order valence-corrected chi connectivity index (χ4v) is 2.56. The van der Waals surface area contributed by atoms with E-state index in [1.807, 2.05) is 36.4 Å². The molecule has 0 bridgehead atoms. The molecule has 20 heavy (non-hydrogen) atoms. The molecule has 2 aromatic rings. The maximum atomic E-state index is 9.23. The van der Waals surface area contributed by atoms with Crippen LogP contribution >= 0.6 is 31.9 Å². The van der Waals surface area contributed by atoms with E-state index in [0.717, 1.165) is 25.8 Å². The molecule has 0 fully saturated rings. The van der Waals surface area contributed by atoms with E-state index in [2.05, 4.69) is 31.9 Å². The standard InChI is InChI=1S/C15H14Br2O3/c1-19-15-5-2-12(16)6-11(15)9-20-13-3-4-14(17)10(7-13)8-18/h2-7,18H,8-9H2,1H3. The van der Waals surface area contributed by atoms with E-state index in [1.54, 1.807) is 7.11 Å². The Hall–Kier alpha value is -1.04. The molecule has 0 saturated carbocycles. The minimum absolute atomic E-state index is 0.0298. The number of hydrogen-bond donors (Lipinski definition) is 1. The number of ether oxygens (including phenoxy) is 2. The van der Waals surface area contributed by atoms with Crippen molar-refractivity contribution in [1.82, 2.24) is 0 Å². The number of methoxy groups -OCH3 is 1. The molecule has 0 radical (unpaired) electrons. The lowest BCUT2D eigenvalue weighted by molar-refractivity contribution is 0.276. The Morgan fingerprint density at radius 2 is 1.85 bits per heavy atom. The Labute approximate surface area is 134 Å². The second-order valence-electron chi connectivity index (χ2n) is 4.16. The topological polar surface area (TPSA) is 38.7 Å². The minimum Gasteiger partial charge on any atom is -0.496 e. The van der Waals surface area contributed by atoms with Crippen molar-refractivity contribution in [2.45, 2.75) is 13.2 Å². The maximum Gasteiger partial charge on any atom is 0.125 e. The SMILES string of the molecule is COc1ccc(Br)cc1COc1ccc(Br)c(CO)c1. The van der Waals surface area contributed by atoms with Gasteiger partial charge in [0.25, 0.3) is 0 Å². The molecule has 1 N–H and O–H groups in total. The summed E-state index contributed by atoms with van der Waals surface area (Å²) >= 11 is 6.81. The summed E-state index contributed by atoms with van der Waals surface area (Å²) in [7, 11) is 1.64. The predicted molar refractivity (Wildman–Crippen MR) is 85.1 cm³/mol. The van der Waals surface area contributed by atoms with E-state index in [1.165, 1.54) is 0 Å². The first-order valence-corrected chi connectivity index (χ1v) is 7.57. The lowest BCUT2D eigenvalue weighted by atomic mass is 10.2. The first-order chi connectivity index (χ1) is 9.63. The molecule has 0 aliphatic carbocycles. The second kappa shape index (κ2) is 7.11. The van der Waals surface area contributed by atoms with Crippen molar-refractivity contribution < 1.29 is 14.6 Å². The van der Waals surface area contributed by atoms with Gasteiger partial charge in [0.1, 0.15) is 18.1 Å².